The second kappa shape index (κ2) is 6.39. The number of carbonyl (C=O) groups is 1. The zero-order valence-electron chi connectivity index (χ0n) is 12.4. The van der Waals surface area contributed by atoms with Gasteiger partial charge in [0.1, 0.15) is 0 Å². The molecule has 1 aromatic carbocycles. The second-order valence-corrected chi connectivity index (χ2v) is 5.26. The largest absolute Gasteiger partial charge is 0.346 e. The monoisotopic (exact) mass is 294 g/mol. The summed E-state index contributed by atoms with van der Waals surface area (Å²) in [5.41, 5.74) is 1.95. The maximum absolute atomic E-state index is 12.1. The molecule has 5 nitrogen and oxygen atoms in total. The Kier molecular flexibility index (Phi) is 4.14. The van der Waals surface area contributed by atoms with Gasteiger partial charge in [0.05, 0.1) is 6.04 Å². The van der Waals surface area contributed by atoms with E-state index in [1.807, 2.05) is 66.1 Å². The molecule has 0 fully saturated rings. The van der Waals surface area contributed by atoms with Crippen molar-refractivity contribution in [2.75, 3.05) is 0 Å². The van der Waals surface area contributed by atoms with E-state index in [1.165, 1.54) is 5.56 Å². The molecule has 0 spiro atoms. The zero-order valence-corrected chi connectivity index (χ0v) is 12.4. The first-order valence-electron chi connectivity index (χ1n) is 7.37. The van der Waals surface area contributed by atoms with Gasteiger partial charge in [-0.1, -0.05) is 36.4 Å². The summed E-state index contributed by atoms with van der Waals surface area (Å²) in [6.45, 7) is 1.92. The predicted octanol–water partition coefficient (Wildman–Crippen LogP) is 2.54. The van der Waals surface area contributed by atoms with Gasteiger partial charge in [-0.15, -0.1) is 10.2 Å². The van der Waals surface area contributed by atoms with Crippen molar-refractivity contribution in [2.45, 2.75) is 25.8 Å². The Labute approximate surface area is 129 Å². The Hall–Kier alpha value is -2.69. The van der Waals surface area contributed by atoms with Crippen LogP contribution in [0.1, 0.15) is 30.8 Å². The van der Waals surface area contributed by atoms with E-state index in [4.69, 9.17) is 0 Å². The second-order valence-electron chi connectivity index (χ2n) is 5.26. The van der Waals surface area contributed by atoms with Crippen molar-refractivity contribution in [2.24, 2.45) is 0 Å². The normalized spacial score (nSPS) is 12.2. The van der Waals surface area contributed by atoms with Crippen molar-refractivity contribution in [3.8, 4) is 0 Å². The highest BCUT2D eigenvalue weighted by Gasteiger charge is 2.15. The van der Waals surface area contributed by atoms with Gasteiger partial charge in [-0.2, -0.15) is 0 Å². The standard InChI is InChI=1S/C17H18N4O/c1-13(17-20-19-15-9-5-6-12-21(15)17)18-16(22)11-10-14-7-3-2-4-8-14/h2-9,12-13H,10-11H2,1H3,(H,18,22)/t13-/m1/s1. The molecule has 0 saturated heterocycles. The number of hydrogen-bond acceptors (Lipinski definition) is 3. The van der Waals surface area contributed by atoms with Crippen LogP contribution >= 0.6 is 0 Å². The molecule has 0 aliphatic rings. The highest BCUT2D eigenvalue weighted by atomic mass is 16.1. The van der Waals surface area contributed by atoms with Gasteiger partial charge in [-0.3, -0.25) is 9.20 Å². The van der Waals surface area contributed by atoms with Gasteiger partial charge in [-0.25, -0.2) is 0 Å². The lowest BCUT2D eigenvalue weighted by atomic mass is 10.1. The van der Waals surface area contributed by atoms with Gasteiger partial charge in [0, 0.05) is 12.6 Å². The SMILES string of the molecule is C[C@@H](NC(=O)CCc1ccccc1)c1nnc2ccccn12. The minimum absolute atomic E-state index is 0.0176. The molecule has 0 aliphatic heterocycles. The van der Waals surface area contributed by atoms with Crippen LogP contribution in [-0.2, 0) is 11.2 Å². The molecule has 112 valence electrons. The van der Waals surface area contributed by atoms with Crippen molar-refractivity contribution in [3.05, 3.63) is 66.1 Å². The van der Waals surface area contributed by atoms with Crippen LogP contribution in [0.3, 0.4) is 0 Å². The van der Waals surface area contributed by atoms with Gasteiger partial charge in [0.2, 0.25) is 5.91 Å². The number of hydrogen-bond donors (Lipinski definition) is 1. The fourth-order valence-electron chi connectivity index (χ4n) is 2.44. The summed E-state index contributed by atoms with van der Waals surface area (Å²) in [5, 5.41) is 11.2. The zero-order chi connectivity index (χ0) is 15.4. The smallest absolute Gasteiger partial charge is 0.220 e. The van der Waals surface area contributed by atoms with Crippen LogP contribution in [0.4, 0.5) is 0 Å². The van der Waals surface area contributed by atoms with Gasteiger partial charge in [0.25, 0.3) is 0 Å². The average Bonchev–Trinajstić information content (AvgIpc) is 2.98. The number of pyridine rings is 1. The number of nitrogens with zero attached hydrogens (tertiary/aromatic N) is 3. The van der Waals surface area contributed by atoms with Gasteiger partial charge >= 0.3 is 0 Å². The molecule has 3 rings (SSSR count). The molecule has 1 N–H and O–H groups in total. The fraction of sp³-hybridized carbons (Fsp3) is 0.235. The van der Waals surface area contributed by atoms with Crippen molar-refractivity contribution >= 4 is 11.6 Å². The molecule has 3 aromatic rings. The molecule has 1 amide bonds. The Bertz CT molecular complexity index is 766. The summed E-state index contributed by atoms with van der Waals surface area (Å²) in [5.74, 6) is 0.757. The molecule has 0 aliphatic carbocycles. The highest BCUT2D eigenvalue weighted by Crippen LogP contribution is 2.12. The first-order chi connectivity index (χ1) is 10.7. The Morgan fingerprint density at radius 1 is 1.14 bits per heavy atom. The quantitative estimate of drug-likeness (QED) is 0.786. The van der Waals surface area contributed by atoms with E-state index < -0.39 is 0 Å². The number of carbonyl (C=O) groups excluding carboxylic acids is 1. The molecule has 5 heteroatoms. The minimum atomic E-state index is -0.180. The topological polar surface area (TPSA) is 59.3 Å². The molecule has 0 bridgehead atoms. The van der Waals surface area contributed by atoms with E-state index in [9.17, 15) is 4.79 Å². The summed E-state index contributed by atoms with van der Waals surface area (Å²) in [6.07, 6.45) is 3.10. The van der Waals surface area contributed by atoms with Crippen LogP contribution in [0.5, 0.6) is 0 Å². The van der Waals surface area contributed by atoms with Crippen molar-refractivity contribution in [1.82, 2.24) is 19.9 Å². The minimum Gasteiger partial charge on any atom is -0.346 e. The molecule has 2 heterocycles. The summed E-state index contributed by atoms with van der Waals surface area (Å²) >= 11 is 0. The molecular formula is C17H18N4O. The lowest BCUT2D eigenvalue weighted by Crippen LogP contribution is -2.28. The maximum atomic E-state index is 12.1. The van der Waals surface area contributed by atoms with Crippen LogP contribution in [0.2, 0.25) is 0 Å². The van der Waals surface area contributed by atoms with E-state index in [1.54, 1.807) is 0 Å². The summed E-state index contributed by atoms with van der Waals surface area (Å²) in [4.78, 5) is 12.1. The van der Waals surface area contributed by atoms with Crippen LogP contribution in [0.15, 0.2) is 54.7 Å². The third kappa shape index (κ3) is 3.14. The molecule has 0 saturated carbocycles. The summed E-state index contributed by atoms with van der Waals surface area (Å²) in [7, 11) is 0. The third-order valence-electron chi connectivity index (χ3n) is 3.59. The van der Waals surface area contributed by atoms with E-state index in [0.29, 0.717) is 6.42 Å². The molecule has 22 heavy (non-hydrogen) atoms. The molecular weight excluding hydrogens is 276 g/mol. The maximum Gasteiger partial charge on any atom is 0.220 e. The van der Waals surface area contributed by atoms with Crippen LogP contribution in [0, 0.1) is 0 Å². The van der Waals surface area contributed by atoms with Crippen molar-refractivity contribution in [3.63, 3.8) is 0 Å². The van der Waals surface area contributed by atoms with Crippen LogP contribution in [-0.4, -0.2) is 20.5 Å². The van der Waals surface area contributed by atoms with E-state index in [-0.39, 0.29) is 11.9 Å². The number of aromatic nitrogens is 3. The van der Waals surface area contributed by atoms with E-state index in [0.717, 1.165) is 17.9 Å². The fourth-order valence-corrected chi connectivity index (χ4v) is 2.44. The van der Waals surface area contributed by atoms with Gasteiger partial charge < -0.3 is 5.32 Å². The number of amides is 1. The summed E-state index contributed by atoms with van der Waals surface area (Å²) in [6, 6.07) is 15.5. The number of rotatable bonds is 5. The van der Waals surface area contributed by atoms with Gasteiger partial charge in [0.15, 0.2) is 11.5 Å². The highest BCUT2D eigenvalue weighted by molar-refractivity contribution is 5.76. The van der Waals surface area contributed by atoms with Crippen molar-refractivity contribution in [1.29, 1.82) is 0 Å². The third-order valence-corrected chi connectivity index (χ3v) is 3.59. The number of benzene rings is 1. The lowest BCUT2D eigenvalue weighted by Gasteiger charge is -2.12. The number of aryl methyl sites for hydroxylation is 1. The Balaban J connectivity index is 1.61. The molecule has 2 aromatic heterocycles. The van der Waals surface area contributed by atoms with E-state index in [2.05, 4.69) is 15.5 Å². The first kappa shape index (κ1) is 14.3. The average molecular weight is 294 g/mol. The molecule has 1 atom stereocenters. The Morgan fingerprint density at radius 2 is 1.91 bits per heavy atom. The Morgan fingerprint density at radius 3 is 2.73 bits per heavy atom. The molecule has 0 radical (unpaired) electrons. The van der Waals surface area contributed by atoms with Gasteiger partial charge in [-0.05, 0) is 31.0 Å². The van der Waals surface area contributed by atoms with Crippen molar-refractivity contribution < 1.29 is 4.79 Å². The lowest BCUT2D eigenvalue weighted by molar-refractivity contribution is -0.121. The first-order valence-corrected chi connectivity index (χ1v) is 7.37. The number of nitrogens with one attached hydrogen (secondary N) is 1. The van der Waals surface area contributed by atoms with Crippen LogP contribution < -0.4 is 5.32 Å². The number of fused-ring (bicyclic) bond motifs is 1. The molecule has 0 unspecified atom stereocenters. The summed E-state index contributed by atoms with van der Waals surface area (Å²) < 4.78 is 1.89. The van der Waals surface area contributed by atoms with Crippen LogP contribution in [0.25, 0.3) is 5.65 Å². The predicted molar refractivity (Wildman–Crippen MR) is 84.3 cm³/mol. The van der Waals surface area contributed by atoms with E-state index >= 15 is 0 Å².